The first-order valence-electron chi connectivity index (χ1n) is 17.2. The third-order valence-corrected chi connectivity index (χ3v) is 10.0. The summed E-state index contributed by atoms with van der Waals surface area (Å²) in [7, 11) is 0. The molecular weight excluding hydrogens is 609 g/mol. The Labute approximate surface area is 290 Å². The maximum Gasteiger partial charge on any atom is 0.160 e. The number of hydrogen-bond donors (Lipinski definition) is 0. The van der Waals surface area contributed by atoms with Gasteiger partial charge in [-0.3, -0.25) is 0 Å². The van der Waals surface area contributed by atoms with E-state index >= 15 is 0 Å². The fraction of sp³-hybridized carbons (Fsp3) is 0.0435. The summed E-state index contributed by atoms with van der Waals surface area (Å²) in [5.74, 6) is 0.730. The summed E-state index contributed by atoms with van der Waals surface area (Å²) in [6.07, 6.45) is 13.0. The summed E-state index contributed by atoms with van der Waals surface area (Å²) in [4.78, 5) is 12.6. The van der Waals surface area contributed by atoms with E-state index in [9.17, 15) is 0 Å². The molecular formula is C46H32N4. The lowest BCUT2D eigenvalue weighted by atomic mass is 9.94. The van der Waals surface area contributed by atoms with Crippen LogP contribution >= 0.6 is 0 Å². The number of hydrogen-bond acceptors (Lipinski definition) is 3. The van der Waals surface area contributed by atoms with Crippen molar-refractivity contribution in [3.8, 4) is 28.3 Å². The van der Waals surface area contributed by atoms with E-state index in [1.165, 1.54) is 49.4 Å². The van der Waals surface area contributed by atoms with E-state index in [4.69, 9.17) is 9.97 Å². The smallest absolute Gasteiger partial charge is 0.160 e. The van der Waals surface area contributed by atoms with Gasteiger partial charge in [-0.15, -0.1) is 0 Å². The molecule has 0 saturated heterocycles. The minimum absolute atomic E-state index is 0.730. The molecule has 0 unspecified atom stereocenters. The van der Waals surface area contributed by atoms with Crippen molar-refractivity contribution in [1.82, 2.24) is 14.5 Å². The minimum atomic E-state index is 0.730. The van der Waals surface area contributed by atoms with Crippen LogP contribution in [0, 0.1) is 0 Å². The van der Waals surface area contributed by atoms with Gasteiger partial charge < -0.3 is 9.47 Å². The lowest BCUT2D eigenvalue weighted by molar-refractivity contribution is 1.03. The van der Waals surface area contributed by atoms with Crippen molar-refractivity contribution >= 4 is 55.6 Å². The highest BCUT2D eigenvalue weighted by Crippen LogP contribution is 2.45. The normalized spacial score (nSPS) is 13.8. The topological polar surface area (TPSA) is 34.0 Å². The zero-order valence-corrected chi connectivity index (χ0v) is 27.4. The molecule has 6 aromatic carbocycles. The van der Waals surface area contributed by atoms with Gasteiger partial charge >= 0.3 is 0 Å². The van der Waals surface area contributed by atoms with Gasteiger partial charge in [0.2, 0.25) is 0 Å². The summed E-state index contributed by atoms with van der Waals surface area (Å²) in [5, 5.41) is 4.98. The van der Waals surface area contributed by atoms with Gasteiger partial charge in [-0.1, -0.05) is 109 Å². The van der Waals surface area contributed by atoms with Crippen molar-refractivity contribution < 1.29 is 0 Å². The molecule has 0 atom stereocenters. The van der Waals surface area contributed by atoms with Crippen LogP contribution in [0.15, 0.2) is 164 Å². The Balaban J connectivity index is 1.18. The fourth-order valence-electron chi connectivity index (χ4n) is 7.71. The van der Waals surface area contributed by atoms with E-state index in [-0.39, 0.29) is 0 Å². The highest BCUT2D eigenvalue weighted by Gasteiger charge is 2.23. The van der Waals surface area contributed by atoms with Gasteiger partial charge in [-0.2, -0.15) is 0 Å². The molecule has 0 radical (unpaired) electrons. The SMILES string of the molecule is C1=CCCC(c2cc(-c3ccccc3)nc(-c3cccc(-n4c5ccccc5c5c6c7c(cccc7cc54)N(c4ccccc4)C=C6)c3)n2)=C1. The van der Waals surface area contributed by atoms with E-state index in [2.05, 4.69) is 173 Å². The second-order valence-electron chi connectivity index (χ2n) is 13.0. The van der Waals surface area contributed by atoms with Gasteiger partial charge in [0.1, 0.15) is 0 Å². The second kappa shape index (κ2) is 11.6. The molecule has 0 N–H and O–H groups in total. The molecule has 0 amide bonds. The molecule has 0 bridgehead atoms. The van der Waals surface area contributed by atoms with Crippen molar-refractivity contribution in [2.24, 2.45) is 0 Å². The largest absolute Gasteiger partial charge is 0.317 e. The summed E-state index contributed by atoms with van der Waals surface area (Å²) in [6.45, 7) is 0. The molecule has 0 spiro atoms. The van der Waals surface area contributed by atoms with Crippen molar-refractivity contribution in [3.63, 3.8) is 0 Å². The monoisotopic (exact) mass is 640 g/mol. The maximum absolute atomic E-state index is 5.18. The number of anilines is 2. The molecule has 10 rings (SSSR count). The first-order valence-corrected chi connectivity index (χ1v) is 17.2. The van der Waals surface area contributed by atoms with Gasteiger partial charge in [-0.05, 0) is 84.0 Å². The molecule has 0 fully saturated rings. The van der Waals surface area contributed by atoms with Gasteiger partial charge in [0.05, 0.1) is 28.1 Å². The summed E-state index contributed by atoms with van der Waals surface area (Å²) in [5.41, 5.74) is 12.3. The number of rotatable bonds is 5. The summed E-state index contributed by atoms with van der Waals surface area (Å²) in [6, 6.07) is 49.6. The van der Waals surface area contributed by atoms with E-state index in [0.29, 0.717) is 0 Å². The Morgan fingerprint density at radius 2 is 1.34 bits per heavy atom. The molecule has 1 aliphatic heterocycles. The minimum Gasteiger partial charge on any atom is -0.317 e. The van der Waals surface area contributed by atoms with E-state index in [1.807, 2.05) is 6.07 Å². The van der Waals surface area contributed by atoms with Crippen LogP contribution in [0.5, 0.6) is 0 Å². The van der Waals surface area contributed by atoms with E-state index in [0.717, 1.165) is 52.6 Å². The van der Waals surface area contributed by atoms with Crippen LogP contribution in [0.2, 0.25) is 0 Å². The fourth-order valence-corrected chi connectivity index (χ4v) is 7.71. The van der Waals surface area contributed by atoms with Crippen molar-refractivity contribution in [1.29, 1.82) is 0 Å². The van der Waals surface area contributed by atoms with Crippen LogP contribution in [0.25, 0.3) is 72.6 Å². The Morgan fingerprint density at radius 3 is 2.20 bits per heavy atom. The average Bonchev–Trinajstić information content (AvgIpc) is 3.53. The molecule has 4 heteroatoms. The molecule has 4 nitrogen and oxygen atoms in total. The molecule has 0 saturated carbocycles. The molecule has 3 heterocycles. The van der Waals surface area contributed by atoms with Crippen LogP contribution in [0.3, 0.4) is 0 Å². The maximum atomic E-state index is 5.18. The quantitative estimate of drug-likeness (QED) is 0.188. The van der Waals surface area contributed by atoms with Crippen LogP contribution in [-0.2, 0) is 0 Å². The zero-order valence-electron chi connectivity index (χ0n) is 27.4. The zero-order chi connectivity index (χ0) is 33.0. The number of benzene rings is 6. The Bertz CT molecular complexity index is 2700. The Hall–Kier alpha value is -6.52. The number of allylic oxidation sites excluding steroid dienone is 4. The lowest BCUT2D eigenvalue weighted by Crippen LogP contribution is -2.11. The first kappa shape index (κ1) is 28.5. The van der Waals surface area contributed by atoms with Gasteiger partial charge in [-0.25, -0.2) is 9.97 Å². The van der Waals surface area contributed by atoms with Crippen LogP contribution in [0.4, 0.5) is 11.4 Å². The number of fused-ring (bicyclic) bond motifs is 4. The summed E-state index contributed by atoms with van der Waals surface area (Å²) >= 11 is 0. The van der Waals surface area contributed by atoms with Crippen LogP contribution in [0.1, 0.15) is 24.1 Å². The van der Waals surface area contributed by atoms with Crippen molar-refractivity contribution in [3.05, 3.63) is 175 Å². The standard InChI is InChI=1S/C46H32N4/c1-4-14-31(15-5-1)39-30-40(32-16-6-2-7-17-32)48-46(47-39)34-19-12-22-36(28-34)50-41-24-11-10-23-37(41)45-38-26-27-49(35-20-8-3-9-21-35)42-25-13-18-33(44(38)42)29-43(45)50/h1-6,8-16,18-30H,7,17H2. The lowest BCUT2D eigenvalue weighted by Gasteiger charge is -2.27. The summed E-state index contributed by atoms with van der Waals surface area (Å²) < 4.78 is 2.41. The molecule has 1 aliphatic carbocycles. The second-order valence-corrected chi connectivity index (χ2v) is 13.0. The van der Waals surface area contributed by atoms with E-state index in [1.54, 1.807) is 0 Å². The third kappa shape index (κ3) is 4.61. The van der Waals surface area contributed by atoms with Crippen LogP contribution in [-0.4, -0.2) is 14.5 Å². The van der Waals surface area contributed by atoms with Gasteiger partial charge in [0.25, 0.3) is 0 Å². The molecule has 8 aromatic rings. The van der Waals surface area contributed by atoms with E-state index < -0.39 is 0 Å². The third-order valence-electron chi connectivity index (χ3n) is 10.0. The molecule has 236 valence electrons. The van der Waals surface area contributed by atoms with Crippen molar-refractivity contribution in [2.45, 2.75) is 12.8 Å². The van der Waals surface area contributed by atoms with Gasteiger partial charge in [0.15, 0.2) is 5.82 Å². The highest BCUT2D eigenvalue weighted by molar-refractivity contribution is 6.22. The molecule has 50 heavy (non-hydrogen) atoms. The predicted molar refractivity (Wildman–Crippen MR) is 209 cm³/mol. The molecule has 2 aromatic heterocycles. The molecule has 2 aliphatic rings. The Morgan fingerprint density at radius 1 is 0.580 bits per heavy atom. The highest BCUT2D eigenvalue weighted by atomic mass is 15.1. The first-order chi connectivity index (χ1) is 24.8. The average molecular weight is 641 g/mol. The number of nitrogens with zero attached hydrogens (tertiary/aromatic N) is 4. The number of para-hydroxylation sites is 2. The van der Waals surface area contributed by atoms with Gasteiger partial charge in [0, 0.05) is 44.9 Å². The van der Waals surface area contributed by atoms with Crippen molar-refractivity contribution in [2.75, 3.05) is 4.90 Å². The van der Waals surface area contributed by atoms with Crippen LogP contribution < -0.4 is 4.90 Å². The number of aromatic nitrogens is 3. The predicted octanol–water partition coefficient (Wildman–Crippen LogP) is 11.9. The Kier molecular flexibility index (Phi) is 6.59.